The first-order valence-electron chi connectivity index (χ1n) is 9.67. The van der Waals surface area contributed by atoms with Crippen molar-refractivity contribution in [3.05, 3.63) is 69.1 Å². The molecule has 0 unspecified atom stereocenters. The predicted molar refractivity (Wildman–Crippen MR) is 109 cm³/mol. The minimum Gasteiger partial charge on any atom is -0.496 e. The summed E-state index contributed by atoms with van der Waals surface area (Å²) in [6.45, 7) is 6.23. The molecule has 0 aliphatic carbocycles. The van der Waals surface area contributed by atoms with Gasteiger partial charge < -0.3 is 13.9 Å². The number of para-hydroxylation sites is 1. The summed E-state index contributed by atoms with van der Waals surface area (Å²) in [5.74, 6) is 1.77. The molecule has 0 fully saturated rings. The molecular formula is C23H25NO4. The molecule has 0 atom stereocenters. The van der Waals surface area contributed by atoms with E-state index in [1.165, 1.54) is 5.56 Å². The van der Waals surface area contributed by atoms with E-state index in [1.807, 2.05) is 25.1 Å². The number of ether oxygens (including phenoxy) is 2. The molecule has 0 spiro atoms. The summed E-state index contributed by atoms with van der Waals surface area (Å²) in [5.41, 5.74) is 4.60. The Balaban J connectivity index is 1.60. The van der Waals surface area contributed by atoms with Crippen LogP contribution in [0.2, 0.25) is 0 Å². The van der Waals surface area contributed by atoms with Crippen LogP contribution >= 0.6 is 0 Å². The van der Waals surface area contributed by atoms with Gasteiger partial charge in [0.05, 0.1) is 7.11 Å². The lowest BCUT2D eigenvalue weighted by Crippen LogP contribution is -2.34. The Labute approximate surface area is 164 Å². The summed E-state index contributed by atoms with van der Waals surface area (Å²) in [6, 6.07) is 11.8. The topological polar surface area (TPSA) is 51.9 Å². The summed E-state index contributed by atoms with van der Waals surface area (Å²) in [6.07, 6.45) is 1.68. The standard InChI is InChI=1S/C23H25NO4/c1-4-16-12-21(25)28-23-15(2)22-18(11-19(16)23)13-24(14-27-22)10-9-17-7-5-6-8-20(17)26-3/h5-8,11-12H,4,9-10,13-14H2,1-3H3. The fourth-order valence-corrected chi connectivity index (χ4v) is 3.96. The van der Waals surface area contributed by atoms with Gasteiger partial charge in [0.25, 0.3) is 0 Å². The van der Waals surface area contributed by atoms with Crippen LogP contribution in [-0.2, 0) is 19.4 Å². The minimum absolute atomic E-state index is 0.304. The molecule has 1 aliphatic heterocycles. The third-order valence-corrected chi connectivity index (χ3v) is 5.43. The van der Waals surface area contributed by atoms with Gasteiger partial charge in [0.15, 0.2) is 0 Å². The molecule has 0 radical (unpaired) electrons. The van der Waals surface area contributed by atoms with Gasteiger partial charge in [0.2, 0.25) is 0 Å². The molecule has 2 aromatic carbocycles. The Morgan fingerprint density at radius 2 is 2.00 bits per heavy atom. The normalized spacial score (nSPS) is 14.0. The summed E-state index contributed by atoms with van der Waals surface area (Å²) < 4.78 is 17.0. The summed E-state index contributed by atoms with van der Waals surface area (Å²) in [5, 5.41) is 1.01. The van der Waals surface area contributed by atoms with Crippen LogP contribution in [0.4, 0.5) is 0 Å². The van der Waals surface area contributed by atoms with Crippen molar-refractivity contribution in [3.8, 4) is 11.5 Å². The summed E-state index contributed by atoms with van der Waals surface area (Å²) in [7, 11) is 1.71. The molecule has 0 amide bonds. The van der Waals surface area contributed by atoms with Gasteiger partial charge >= 0.3 is 5.63 Å². The van der Waals surface area contributed by atoms with E-state index in [-0.39, 0.29) is 5.63 Å². The van der Waals surface area contributed by atoms with Crippen molar-refractivity contribution in [1.82, 2.24) is 4.90 Å². The van der Waals surface area contributed by atoms with Crippen molar-refractivity contribution < 1.29 is 13.9 Å². The zero-order valence-corrected chi connectivity index (χ0v) is 16.6. The minimum atomic E-state index is -0.304. The number of rotatable bonds is 5. The van der Waals surface area contributed by atoms with Crippen LogP contribution in [0, 0.1) is 6.92 Å². The number of hydrogen-bond donors (Lipinski definition) is 0. The molecule has 28 heavy (non-hydrogen) atoms. The van der Waals surface area contributed by atoms with E-state index in [0.29, 0.717) is 12.3 Å². The van der Waals surface area contributed by atoms with Crippen LogP contribution in [0.3, 0.4) is 0 Å². The predicted octanol–water partition coefficient (Wildman–Crippen LogP) is 4.07. The summed E-state index contributed by atoms with van der Waals surface area (Å²) in [4.78, 5) is 14.2. The highest BCUT2D eigenvalue weighted by atomic mass is 16.5. The molecule has 1 aliphatic rings. The molecule has 0 saturated heterocycles. The van der Waals surface area contributed by atoms with Gasteiger partial charge in [0, 0.05) is 35.7 Å². The number of aryl methyl sites for hydroxylation is 2. The van der Waals surface area contributed by atoms with E-state index in [1.54, 1.807) is 13.2 Å². The van der Waals surface area contributed by atoms with Crippen LogP contribution in [0.25, 0.3) is 11.0 Å². The highest BCUT2D eigenvalue weighted by Gasteiger charge is 2.23. The molecule has 0 N–H and O–H groups in total. The number of benzene rings is 2. The molecule has 4 rings (SSSR count). The monoisotopic (exact) mass is 379 g/mol. The lowest BCUT2D eigenvalue weighted by Gasteiger charge is -2.30. The van der Waals surface area contributed by atoms with Gasteiger partial charge in [-0.15, -0.1) is 0 Å². The van der Waals surface area contributed by atoms with E-state index in [9.17, 15) is 4.79 Å². The van der Waals surface area contributed by atoms with Gasteiger partial charge in [0.1, 0.15) is 23.8 Å². The first kappa shape index (κ1) is 18.6. The lowest BCUT2D eigenvalue weighted by molar-refractivity contribution is 0.0957. The van der Waals surface area contributed by atoms with E-state index >= 15 is 0 Å². The number of nitrogens with zero attached hydrogens (tertiary/aromatic N) is 1. The van der Waals surface area contributed by atoms with Crippen molar-refractivity contribution in [3.63, 3.8) is 0 Å². The molecule has 146 valence electrons. The Hall–Kier alpha value is -2.79. The molecule has 1 aromatic heterocycles. The van der Waals surface area contributed by atoms with Crippen LogP contribution in [-0.4, -0.2) is 25.3 Å². The van der Waals surface area contributed by atoms with Crippen molar-refractivity contribution in [1.29, 1.82) is 0 Å². The Bertz CT molecular complexity index is 1070. The van der Waals surface area contributed by atoms with Crippen LogP contribution < -0.4 is 15.1 Å². The Kier molecular flexibility index (Phi) is 5.09. The number of fused-ring (bicyclic) bond motifs is 2. The quantitative estimate of drug-likeness (QED) is 0.626. The molecule has 0 saturated carbocycles. The smallest absolute Gasteiger partial charge is 0.336 e. The van der Waals surface area contributed by atoms with Crippen LogP contribution in [0.5, 0.6) is 11.5 Å². The van der Waals surface area contributed by atoms with Crippen molar-refractivity contribution in [2.45, 2.75) is 33.2 Å². The third-order valence-electron chi connectivity index (χ3n) is 5.43. The van der Waals surface area contributed by atoms with Gasteiger partial charge in [-0.1, -0.05) is 25.1 Å². The van der Waals surface area contributed by atoms with E-state index in [2.05, 4.69) is 24.0 Å². The second kappa shape index (κ2) is 7.68. The number of hydrogen-bond acceptors (Lipinski definition) is 5. The molecule has 2 heterocycles. The van der Waals surface area contributed by atoms with Crippen LogP contribution in [0.1, 0.15) is 29.2 Å². The molecule has 5 nitrogen and oxygen atoms in total. The third kappa shape index (κ3) is 3.38. The van der Waals surface area contributed by atoms with Crippen LogP contribution in [0.15, 0.2) is 45.6 Å². The maximum Gasteiger partial charge on any atom is 0.336 e. The molecular weight excluding hydrogens is 354 g/mol. The van der Waals surface area contributed by atoms with Crippen molar-refractivity contribution in [2.24, 2.45) is 0 Å². The fourth-order valence-electron chi connectivity index (χ4n) is 3.96. The van der Waals surface area contributed by atoms with Gasteiger partial charge in [-0.25, -0.2) is 4.79 Å². The molecule has 5 heteroatoms. The zero-order valence-electron chi connectivity index (χ0n) is 16.6. The first-order valence-corrected chi connectivity index (χ1v) is 9.67. The molecule has 0 bridgehead atoms. The van der Waals surface area contributed by atoms with Crippen molar-refractivity contribution in [2.75, 3.05) is 20.4 Å². The SMILES string of the molecule is CCc1cc(=O)oc2c(C)c3c(cc12)CN(CCc1ccccc1OC)CO3. The fraction of sp³-hybridized carbons (Fsp3) is 0.348. The maximum atomic E-state index is 11.9. The maximum absolute atomic E-state index is 11.9. The van der Waals surface area contributed by atoms with E-state index < -0.39 is 0 Å². The van der Waals surface area contributed by atoms with E-state index in [4.69, 9.17) is 13.9 Å². The molecule has 3 aromatic rings. The van der Waals surface area contributed by atoms with Gasteiger partial charge in [-0.05, 0) is 43.0 Å². The van der Waals surface area contributed by atoms with Gasteiger partial charge in [-0.3, -0.25) is 4.90 Å². The van der Waals surface area contributed by atoms with Crippen molar-refractivity contribution >= 4 is 11.0 Å². The first-order chi connectivity index (χ1) is 13.6. The largest absolute Gasteiger partial charge is 0.496 e. The second-order valence-corrected chi connectivity index (χ2v) is 7.20. The number of methoxy groups -OCH3 is 1. The average molecular weight is 379 g/mol. The summed E-state index contributed by atoms with van der Waals surface area (Å²) >= 11 is 0. The zero-order chi connectivity index (χ0) is 19.7. The highest BCUT2D eigenvalue weighted by molar-refractivity contribution is 5.86. The average Bonchev–Trinajstić information content (AvgIpc) is 2.72. The Morgan fingerprint density at radius 3 is 2.79 bits per heavy atom. The lowest BCUT2D eigenvalue weighted by atomic mass is 9.99. The second-order valence-electron chi connectivity index (χ2n) is 7.20. The Morgan fingerprint density at radius 1 is 1.18 bits per heavy atom. The van der Waals surface area contributed by atoms with E-state index in [0.717, 1.165) is 59.5 Å². The highest BCUT2D eigenvalue weighted by Crippen LogP contribution is 2.35. The van der Waals surface area contributed by atoms with Gasteiger partial charge in [-0.2, -0.15) is 0 Å².